The number of aliphatic hydroxyl groups excluding tert-OH is 1. The Morgan fingerprint density at radius 1 is 1.00 bits per heavy atom. The molecule has 0 saturated carbocycles. The summed E-state index contributed by atoms with van der Waals surface area (Å²) in [5, 5.41) is 14.1. The Morgan fingerprint density at radius 3 is 2.58 bits per heavy atom. The lowest BCUT2D eigenvalue weighted by Gasteiger charge is -2.21. The highest BCUT2D eigenvalue weighted by atomic mass is 35.5. The van der Waals surface area contributed by atoms with E-state index in [9.17, 15) is 9.90 Å². The Balaban J connectivity index is 1.06. The van der Waals surface area contributed by atoms with Gasteiger partial charge in [0.2, 0.25) is 0 Å². The van der Waals surface area contributed by atoms with E-state index in [0.29, 0.717) is 57.8 Å². The summed E-state index contributed by atoms with van der Waals surface area (Å²) in [6, 6.07) is 15.2. The number of carbonyl (C=O) groups is 1. The fraction of sp³-hybridized carbons (Fsp3) is 0.389. The van der Waals surface area contributed by atoms with Crippen molar-refractivity contribution in [3.05, 3.63) is 91.9 Å². The number of hydrogen-bond donors (Lipinski definition) is 2. The number of nitrogens with one attached hydrogen (secondary N) is 1. The summed E-state index contributed by atoms with van der Waals surface area (Å²) in [4.78, 5) is 22.4. The van der Waals surface area contributed by atoms with Crippen LogP contribution < -0.4 is 14.8 Å². The molecule has 7 rings (SSSR count). The second kappa shape index (κ2) is 13.9. The summed E-state index contributed by atoms with van der Waals surface area (Å²) in [5.74, 6) is 1.07. The maximum atomic E-state index is 13.4. The van der Waals surface area contributed by atoms with Gasteiger partial charge in [-0.1, -0.05) is 65.1 Å². The maximum Gasteiger partial charge on any atom is 0.291 e. The van der Waals surface area contributed by atoms with E-state index < -0.39 is 0 Å². The van der Waals surface area contributed by atoms with Crippen LogP contribution in [-0.4, -0.2) is 76.3 Å². The summed E-state index contributed by atoms with van der Waals surface area (Å²) in [6.07, 6.45) is 2.69. The number of hydrogen-bond acceptors (Lipinski definition) is 7. The number of likely N-dealkylation sites (tertiary alicyclic amines) is 1. The van der Waals surface area contributed by atoms with Crippen LogP contribution in [0.2, 0.25) is 15.1 Å². The molecule has 1 aromatic heterocycles. The number of benzene rings is 3. The van der Waals surface area contributed by atoms with E-state index in [2.05, 4.69) is 39.3 Å². The summed E-state index contributed by atoms with van der Waals surface area (Å²) < 4.78 is 14.3. The maximum absolute atomic E-state index is 13.4. The van der Waals surface area contributed by atoms with Gasteiger partial charge in [0.1, 0.15) is 24.2 Å². The van der Waals surface area contributed by atoms with Crippen molar-refractivity contribution in [3.8, 4) is 22.6 Å². The molecule has 9 nitrogen and oxygen atoms in total. The van der Waals surface area contributed by atoms with Crippen molar-refractivity contribution >= 4 is 46.4 Å². The van der Waals surface area contributed by atoms with Gasteiger partial charge in [0, 0.05) is 69.6 Å². The first-order valence-corrected chi connectivity index (χ1v) is 17.4. The molecule has 1 amide bonds. The Hall–Kier alpha value is -3.31. The molecule has 0 spiro atoms. The van der Waals surface area contributed by atoms with Gasteiger partial charge >= 0.3 is 0 Å². The molecule has 48 heavy (non-hydrogen) atoms. The zero-order valence-electron chi connectivity index (χ0n) is 26.9. The lowest BCUT2D eigenvalue weighted by Crippen LogP contribution is -2.27. The lowest BCUT2D eigenvalue weighted by molar-refractivity contribution is 0.101. The highest BCUT2D eigenvalue weighted by Crippen LogP contribution is 2.45. The van der Waals surface area contributed by atoms with Crippen LogP contribution in [0.25, 0.3) is 11.1 Å². The van der Waals surface area contributed by atoms with Crippen LogP contribution in [0.3, 0.4) is 0 Å². The summed E-state index contributed by atoms with van der Waals surface area (Å²) >= 11 is 20.2. The minimum Gasteiger partial charge on any atom is -0.491 e. The third-order valence-electron chi connectivity index (χ3n) is 9.57. The van der Waals surface area contributed by atoms with Gasteiger partial charge in [0.05, 0.1) is 32.6 Å². The van der Waals surface area contributed by atoms with Gasteiger partial charge in [-0.05, 0) is 49.1 Å². The zero-order valence-corrected chi connectivity index (χ0v) is 29.2. The Labute approximate surface area is 295 Å². The molecule has 2 unspecified atom stereocenters. The molecule has 3 aromatic carbocycles. The SMILES string of the molecule is CN1CCc2c(nc(C(=O)Nc3cccc(-c4cccc5c4CCC5Oc4cc(Cl)c(OCCN5CCC(O)C5)cc4Cl)c3Cl)n2C)C1. The van der Waals surface area contributed by atoms with Gasteiger partial charge in [-0.3, -0.25) is 9.69 Å². The predicted octanol–water partition coefficient (Wildman–Crippen LogP) is 6.80. The molecule has 252 valence electrons. The number of imidazole rings is 1. The van der Waals surface area contributed by atoms with Crippen molar-refractivity contribution in [1.29, 1.82) is 0 Å². The molecule has 3 aliphatic rings. The minimum absolute atomic E-state index is 0.225. The molecule has 2 N–H and O–H groups in total. The first-order chi connectivity index (χ1) is 23.2. The average molecular weight is 711 g/mol. The summed E-state index contributed by atoms with van der Waals surface area (Å²) in [5.41, 5.74) is 6.59. The number of aliphatic hydroxyl groups is 1. The molecule has 2 aliphatic heterocycles. The van der Waals surface area contributed by atoms with Crippen LogP contribution in [-0.2, 0) is 26.4 Å². The number of halogens is 3. The van der Waals surface area contributed by atoms with Gasteiger partial charge in [-0.25, -0.2) is 4.98 Å². The standard InChI is InChI=1S/C36H38Cl3N5O4/c1-42-13-12-30-29(20-42)40-35(43(30)2)36(46)41-28-8-4-7-25(34(28)39)22-5-3-6-24-23(22)9-10-31(24)48-33-18-26(37)32(17-27(33)38)47-16-15-44-14-11-21(45)19-44/h3-8,17-18,21,31,45H,9-16,19-20H2,1-2H3,(H,41,46). The number of likely N-dealkylation sites (N-methyl/N-ethyl adjacent to an activating group) is 1. The van der Waals surface area contributed by atoms with Crippen LogP contribution in [0.4, 0.5) is 5.69 Å². The molecule has 1 aliphatic carbocycles. The van der Waals surface area contributed by atoms with Crippen LogP contribution in [0, 0.1) is 0 Å². The number of fused-ring (bicyclic) bond motifs is 2. The number of aromatic nitrogens is 2. The Kier molecular flexibility index (Phi) is 9.61. The molecule has 1 saturated heterocycles. The fourth-order valence-corrected chi connectivity index (χ4v) is 7.71. The molecule has 0 radical (unpaired) electrons. The number of ether oxygens (including phenoxy) is 2. The first kappa shape index (κ1) is 33.2. The zero-order chi connectivity index (χ0) is 33.5. The van der Waals surface area contributed by atoms with Crippen molar-refractivity contribution in [1.82, 2.24) is 19.4 Å². The molecular weight excluding hydrogens is 673 g/mol. The number of anilines is 1. The highest BCUT2D eigenvalue weighted by molar-refractivity contribution is 6.37. The van der Waals surface area contributed by atoms with Gasteiger partial charge in [-0.2, -0.15) is 0 Å². The Bertz CT molecular complexity index is 1860. The molecule has 12 heteroatoms. The number of carbonyl (C=O) groups excluding carboxylic acids is 1. The highest BCUT2D eigenvalue weighted by Gasteiger charge is 2.29. The van der Waals surface area contributed by atoms with Gasteiger partial charge in [-0.15, -0.1) is 0 Å². The topological polar surface area (TPSA) is 92.1 Å². The third-order valence-corrected chi connectivity index (χ3v) is 10.6. The number of rotatable bonds is 9. The predicted molar refractivity (Wildman–Crippen MR) is 189 cm³/mol. The molecule has 1 fully saturated rings. The summed E-state index contributed by atoms with van der Waals surface area (Å²) in [6.45, 7) is 4.32. The van der Waals surface area contributed by atoms with E-state index in [1.165, 1.54) is 0 Å². The van der Waals surface area contributed by atoms with Crippen molar-refractivity contribution in [2.45, 2.75) is 44.4 Å². The van der Waals surface area contributed by atoms with Gasteiger partial charge < -0.3 is 29.4 Å². The van der Waals surface area contributed by atoms with Crippen LogP contribution in [0.1, 0.15) is 52.1 Å². The fourth-order valence-electron chi connectivity index (χ4n) is 7.03. The molecular formula is C36H38Cl3N5O4. The number of β-amino-alcohol motifs (C(OH)–C–C–N with tert-alkyl or cyclic N) is 1. The average Bonchev–Trinajstić information content (AvgIpc) is 3.77. The third kappa shape index (κ3) is 6.64. The van der Waals surface area contributed by atoms with E-state index >= 15 is 0 Å². The van der Waals surface area contributed by atoms with Crippen molar-refractivity contribution in [2.24, 2.45) is 7.05 Å². The molecule has 2 atom stereocenters. The monoisotopic (exact) mass is 709 g/mol. The quantitative estimate of drug-likeness (QED) is 0.198. The van der Waals surface area contributed by atoms with E-state index in [0.717, 1.165) is 79.0 Å². The Morgan fingerprint density at radius 2 is 1.77 bits per heavy atom. The summed E-state index contributed by atoms with van der Waals surface area (Å²) in [7, 11) is 3.95. The molecule has 3 heterocycles. The lowest BCUT2D eigenvalue weighted by atomic mass is 9.96. The van der Waals surface area contributed by atoms with Crippen molar-refractivity contribution in [2.75, 3.05) is 45.2 Å². The van der Waals surface area contributed by atoms with Crippen molar-refractivity contribution < 1.29 is 19.4 Å². The van der Waals surface area contributed by atoms with E-state index in [1.807, 2.05) is 35.9 Å². The van der Waals surface area contributed by atoms with Crippen LogP contribution >= 0.6 is 34.8 Å². The van der Waals surface area contributed by atoms with Gasteiger partial charge in [0.15, 0.2) is 5.82 Å². The smallest absolute Gasteiger partial charge is 0.291 e. The normalized spacial score (nSPS) is 19.3. The number of nitrogens with zero attached hydrogens (tertiary/aromatic N) is 4. The van der Waals surface area contributed by atoms with Crippen LogP contribution in [0.5, 0.6) is 11.5 Å². The number of amides is 1. The van der Waals surface area contributed by atoms with Gasteiger partial charge in [0.25, 0.3) is 5.91 Å². The largest absolute Gasteiger partial charge is 0.491 e. The minimum atomic E-state index is -0.293. The van der Waals surface area contributed by atoms with E-state index in [4.69, 9.17) is 44.3 Å². The molecule has 4 aromatic rings. The van der Waals surface area contributed by atoms with E-state index in [1.54, 1.807) is 12.1 Å². The molecule has 0 bridgehead atoms. The first-order valence-electron chi connectivity index (χ1n) is 16.3. The van der Waals surface area contributed by atoms with E-state index in [-0.39, 0.29) is 18.1 Å². The van der Waals surface area contributed by atoms with Crippen LogP contribution in [0.15, 0.2) is 48.5 Å². The van der Waals surface area contributed by atoms with Crippen molar-refractivity contribution in [3.63, 3.8) is 0 Å². The second-order valence-electron chi connectivity index (χ2n) is 12.8. The second-order valence-corrected chi connectivity index (χ2v) is 14.0.